The first-order valence-electron chi connectivity index (χ1n) is 11.0. The number of aliphatic carboxylic acids is 1. The van der Waals surface area contributed by atoms with Crippen molar-refractivity contribution in [3.05, 3.63) is 101 Å². The number of aromatic amines is 1. The van der Waals surface area contributed by atoms with Gasteiger partial charge in [-0.05, 0) is 76.9 Å². The van der Waals surface area contributed by atoms with Crippen molar-refractivity contribution in [1.29, 1.82) is 0 Å². The molecule has 1 saturated carbocycles. The zero-order valence-electron chi connectivity index (χ0n) is 18.1. The number of allylic oxidation sites excluding steroid dienone is 1. The fourth-order valence-electron chi connectivity index (χ4n) is 4.34. The van der Waals surface area contributed by atoms with Gasteiger partial charge in [0.15, 0.2) is 0 Å². The van der Waals surface area contributed by atoms with Crippen LogP contribution in [0.4, 0.5) is 8.78 Å². The van der Waals surface area contributed by atoms with E-state index < -0.39 is 17.7 Å². The van der Waals surface area contributed by atoms with Gasteiger partial charge in [0.2, 0.25) is 5.95 Å². The van der Waals surface area contributed by atoms with E-state index in [0.29, 0.717) is 16.6 Å². The number of carboxylic acids is 1. The van der Waals surface area contributed by atoms with Crippen molar-refractivity contribution in [3.8, 4) is 0 Å². The lowest BCUT2D eigenvalue weighted by molar-refractivity contribution is -0.131. The van der Waals surface area contributed by atoms with Gasteiger partial charge in [-0.15, -0.1) is 5.10 Å². The number of hydrogen-bond donors (Lipinski definition) is 2. The van der Waals surface area contributed by atoms with Crippen LogP contribution in [0.3, 0.4) is 0 Å². The van der Waals surface area contributed by atoms with Gasteiger partial charge >= 0.3 is 5.97 Å². The monoisotopic (exact) mass is 457 g/mol. The third-order valence-corrected chi connectivity index (χ3v) is 6.22. The number of benzene rings is 2. The number of hydrogen-bond acceptors (Lipinski definition) is 3. The fraction of sp³-hybridized carbons (Fsp3) is 0.148. The van der Waals surface area contributed by atoms with Crippen molar-refractivity contribution in [1.82, 2.24) is 15.2 Å². The van der Waals surface area contributed by atoms with Crippen LogP contribution in [0.25, 0.3) is 28.1 Å². The molecular formula is C27H21F2N3O2. The lowest BCUT2D eigenvalue weighted by atomic mass is 9.74. The Morgan fingerprint density at radius 3 is 2.50 bits per heavy atom. The van der Waals surface area contributed by atoms with E-state index >= 15 is 4.39 Å². The number of fused-ring (bicyclic) bond motifs is 1. The highest BCUT2D eigenvalue weighted by molar-refractivity contribution is 6.01. The van der Waals surface area contributed by atoms with E-state index in [4.69, 9.17) is 5.11 Å². The van der Waals surface area contributed by atoms with Crippen LogP contribution in [-0.4, -0.2) is 26.3 Å². The summed E-state index contributed by atoms with van der Waals surface area (Å²) in [5.74, 6) is -1.91. The number of nitrogens with one attached hydrogen (secondary N) is 1. The molecule has 2 aromatic carbocycles. The van der Waals surface area contributed by atoms with Crippen LogP contribution in [0.1, 0.15) is 41.6 Å². The Hall–Kier alpha value is -4.13. The third kappa shape index (κ3) is 4.12. The Bertz CT molecular complexity index is 1430. The van der Waals surface area contributed by atoms with Gasteiger partial charge < -0.3 is 5.11 Å². The number of rotatable bonds is 6. The fourth-order valence-corrected chi connectivity index (χ4v) is 4.34. The van der Waals surface area contributed by atoms with Gasteiger partial charge in [0.1, 0.15) is 11.5 Å². The molecule has 0 spiro atoms. The van der Waals surface area contributed by atoms with E-state index in [2.05, 4.69) is 15.2 Å². The second-order valence-corrected chi connectivity index (χ2v) is 8.32. The molecule has 0 radical (unpaired) electrons. The number of halogens is 2. The van der Waals surface area contributed by atoms with Crippen LogP contribution in [0.15, 0.2) is 66.9 Å². The van der Waals surface area contributed by atoms with Gasteiger partial charge in [-0.3, -0.25) is 10.1 Å². The molecule has 0 aliphatic heterocycles. The van der Waals surface area contributed by atoms with E-state index in [1.807, 2.05) is 18.2 Å². The molecule has 0 atom stereocenters. The predicted molar refractivity (Wildman–Crippen MR) is 127 cm³/mol. The third-order valence-electron chi connectivity index (χ3n) is 6.22. The molecule has 5 nitrogen and oxygen atoms in total. The lowest BCUT2D eigenvalue weighted by Gasteiger charge is -2.31. The summed E-state index contributed by atoms with van der Waals surface area (Å²) in [6.07, 6.45) is 7.03. The van der Waals surface area contributed by atoms with E-state index in [1.165, 1.54) is 12.1 Å². The molecule has 0 bridgehead atoms. The van der Waals surface area contributed by atoms with Crippen LogP contribution in [0.2, 0.25) is 0 Å². The van der Waals surface area contributed by atoms with Crippen molar-refractivity contribution in [2.75, 3.05) is 0 Å². The Labute approximate surface area is 194 Å². The van der Waals surface area contributed by atoms with Crippen molar-refractivity contribution in [3.63, 3.8) is 0 Å². The molecule has 7 heteroatoms. The smallest absolute Gasteiger partial charge is 0.328 e. The van der Waals surface area contributed by atoms with Crippen LogP contribution in [-0.2, 0) is 4.79 Å². The Kier molecular flexibility index (Phi) is 5.76. The minimum absolute atomic E-state index is 0.121. The van der Waals surface area contributed by atoms with Crippen molar-refractivity contribution < 1.29 is 18.7 Å². The van der Waals surface area contributed by atoms with Crippen LogP contribution >= 0.6 is 0 Å². The van der Waals surface area contributed by atoms with Crippen LogP contribution in [0, 0.1) is 17.7 Å². The summed E-state index contributed by atoms with van der Waals surface area (Å²) in [7, 11) is 0. The van der Waals surface area contributed by atoms with E-state index in [9.17, 15) is 9.18 Å². The van der Waals surface area contributed by atoms with Crippen molar-refractivity contribution in [2.24, 2.45) is 5.92 Å². The first-order valence-corrected chi connectivity index (χ1v) is 11.0. The van der Waals surface area contributed by atoms with Crippen molar-refractivity contribution >= 4 is 34.1 Å². The lowest BCUT2D eigenvalue weighted by Crippen LogP contribution is -2.17. The number of H-pyrrole nitrogens is 1. The predicted octanol–water partition coefficient (Wildman–Crippen LogP) is 6.09. The molecule has 4 aromatic rings. The van der Waals surface area contributed by atoms with Gasteiger partial charge in [-0.25, -0.2) is 9.18 Å². The maximum absolute atomic E-state index is 15.0. The minimum atomic E-state index is -1.03. The molecule has 34 heavy (non-hydrogen) atoms. The topological polar surface area (TPSA) is 78.9 Å². The number of carboxylic acid groups (broad SMARTS) is 1. The molecule has 2 heterocycles. The largest absolute Gasteiger partial charge is 0.478 e. The Morgan fingerprint density at radius 1 is 1.06 bits per heavy atom. The first kappa shape index (κ1) is 21.7. The Balaban J connectivity index is 1.76. The number of pyridine rings is 1. The molecule has 0 saturated heterocycles. The van der Waals surface area contributed by atoms with Crippen LogP contribution < -0.4 is 0 Å². The second kappa shape index (κ2) is 9.02. The number of nitrogens with zero attached hydrogens (tertiary/aromatic N) is 2. The van der Waals surface area contributed by atoms with Gasteiger partial charge in [0.05, 0.1) is 10.9 Å². The molecule has 2 N–H and O–H groups in total. The maximum atomic E-state index is 15.0. The SMILES string of the molecule is O=C(O)/C=C/c1ccc(/C(=C(\c2ncccc2F)C2CCC2)c2ccc3[nH]nc(F)c3c2)cc1. The second-order valence-electron chi connectivity index (χ2n) is 8.32. The molecule has 1 fully saturated rings. The maximum Gasteiger partial charge on any atom is 0.328 e. The number of carbonyl (C=O) groups is 1. The highest BCUT2D eigenvalue weighted by Crippen LogP contribution is 2.45. The highest BCUT2D eigenvalue weighted by Gasteiger charge is 2.30. The summed E-state index contributed by atoms with van der Waals surface area (Å²) in [5, 5.41) is 15.6. The molecule has 1 aliphatic rings. The normalized spacial score (nSPS) is 14.9. The zero-order valence-corrected chi connectivity index (χ0v) is 18.1. The average molecular weight is 457 g/mol. The van der Waals surface area contributed by atoms with E-state index in [0.717, 1.165) is 53.2 Å². The summed E-state index contributed by atoms with van der Waals surface area (Å²) in [4.78, 5) is 15.3. The quantitative estimate of drug-likeness (QED) is 0.343. The molecular weight excluding hydrogens is 436 g/mol. The molecule has 0 unspecified atom stereocenters. The summed E-state index contributed by atoms with van der Waals surface area (Å²) in [6, 6.07) is 15.7. The van der Waals surface area contributed by atoms with Crippen molar-refractivity contribution in [2.45, 2.75) is 19.3 Å². The van der Waals surface area contributed by atoms with Gasteiger partial charge in [0, 0.05) is 12.3 Å². The summed E-state index contributed by atoms with van der Waals surface area (Å²) >= 11 is 0. The van der Waals surface area contributed by atoms with E-state index in [-0.39, 0.29) is 5.92 Å². The molecule has 5 rings (SSSR count). The van der Waals surface area contributed by atoms with Gasteiger partial charge in [-0.1, -0.05) is 36.8 Å². The average Bonchev–Trinajstić information content (AvgIpc) is 3.17. The molecule has 0 amide bonds. The standard InChI is InChI=1S/C27H21F2N3O2/c28-21-5-2-14-30-26(21)25(17-3-1-4-17)24(18-9-6-16(7-10-18)8-13-23(33)34)19-11-12-22-20(15-19)27(29)32-31-22/h2,5-15,17H,1,3-4H2,(H,31,32)(H,33,34)/b13-8+,25-24+. The summed E-state index contributed by atoms with van der Waals surface area (Å²) in [6.45, 7) is 0. The van der Waals surface area contributed by atoms with Gasteiger partial charge in [0.25, 0.3) is 0 Å². The van der Waals surface area contributed by atoms with E-state index in [1.54, 1.807) is 36.5 Å². The zero-order chi connectivity index (χ0) is 23.7. The molecule has 2 aromatic heterocycles. The number of aromatic nitrogens is 3. The minimum Gasteiger partial charge on any atom is -0.478 e. The van der Waals surface area contributed by atoms with Gasteiger partial charge in [-0.2, -0.15) is 4.39 Å². The summed E-state index contributed by atoms with van der Waals surface area (Å²) < 4.78 is 29.4. The highest BCUT2D eigenvalue weighted by atomic mass is 19.1. The summed E-state index contributed by atoms with van der Waals surface area (Å²) in [5.41, 5.74) is 4.70. The first-order chi connectivity index (χ1) is 16.5. The Morgan fingerprint density at radius 2 is 1.82 bits per heavy atom. The van der Waals surface area contributed by atoms with Crippen LogP contribution in [0.5, 0.6) is 0 Å². The molecule has 170 valence electrons. The molecule has 1 aliphatic carbocycles.